The summed E-state index contributed by atoms with van der Waals surface area (Å²) >= 11 is 0. The van der Waals surface area contributed by atoms with Crippen LogP contribution in [-0.2, 0) is 16.6 Å². The van der Waals surface area contributed by atoms with Crippen LogP contribution in [0.1, 0.15) is 23.3 Å². The number of hydrogen-bond donors (Lipinski definition) is 1. The van der Waals surface area contributed by atoms with E-state index in [-0.39, 0.29) is 11.8 Å². The quantitative estimate of drug-likeness (QED) is 0.864. The number of fused-ring (bicyclic) bond motifs is 1. The number of aromatic nitrogens is 2. The Balaban J connectivity index is 2.15. The highest BCUT2D eigenvalue weighted by Crippen LogP contribution is 2.34. The summed E-state index contributed by atoms with van der Waals surface area (Å²) in [4.78, 5) is 28.2. The first-order valence-corrected chi connectivity index (χ1v) is 6.46. The third-order valence-corrected chi connectivity index (χ3v) is 3.52. The van der Waals surface area contributed by atoms with Crippen LogP contribution in [0.4, 0.5) is 5.69 Å². The molecule has 0 unspecified atom stereocenters. The summed E-state index contributed by atoms with van der Waals surface area (Å²) in [5, 5.41) is 3.59. The third kappa shape index (κ3) is 1.93. The molecule has 0 saturated heterocycles. The maximum absolute atomic E-state index is 12.0. The SMILES string of the molecule is COC(=O)c1c(NC(=O)C2CC2)c2cccnc2n1C. The molecule has 1 N–H and O–H groups in total. The second-order valence-corrected chi connectivity index (χ2v) is 4.91. The third-order valence-electron chi connectivity index (χ3n) is 3.52. The van der Waals surface area contributed by atoms with E-state index in [0.717, 1.165) is 18.2 Å². The number of aryl methyl sites for hydroxylation is 1. The Bertz CT molecular complexity index is 701. The molecule has 0 radical (unpaired) electrons. The number of rotatable bonds is 3. The minimum Gasteiger partial charge on any atom is -0.464 e. The van der Waals surface area contributed by atoms with Gasteiger partial charge in [-0.15, -0.1) is 0 Å². The molecule has 0 bridgehead atoms. The van der Waals surface area contributed by atoms with Crippen LogP contribution < -0.4 is 5.32 Å². The maximum atomic E-state index is 12.0. The Kier molecular flexibility index (Phi) is 2.93. The molecule has 2 aromatic heterocycles. The Morgan fingerprint density at radius 2 is 2.20 bits per heavy atom. The topological polar surface area (TPSA) is 73.2 Å². The number of esters is 1. The monoisotopic (exact) mass is 273 g/mol. The summed E-state index contributed by atoms with van der Waals surface area (Å²) in [5.74, 6) is -0.476. The first-order valence-electron chi connectivity index (χ1n) is 6.46. The molecule has 6 heteroatoms. The molecule has 1 fully saturated rings. The molecular formula is C14H15N3O3. The number of nitrogens with zero attached hydrogens (tertiary/aromatic N) is 2. The smallest absolute Gasteiger partial charge is 0.356 e. The summed E-state index contributed by atoms with van der Waals surface area (Å²) in [7, 11) is 3.05. The molecule has 1 saturated carbocycles. The van der Waals surface area contributed by atoms with Crippen molar-refractivity contribution in [1.29, 1.82) is 0 Å². The van der Waals surface area contributed by atoms with Crippen LogP contribution >= 0.6 is 0 Å². The van der Waals surface area contributed by atoms with Crippen molar-refractivity contribution in [2.75, 3.05) is 12.4 Å². The molecule has 0 aliphatic heterocycles. The molecule has 0 spiro atoms. The van der Waals surface area contributed by atoms with Crippen molar-refractivity contribution >= 4 is 28.6 Å². The van der Waals surface area contributed by atoms with Gasteiger partial charge in [0, 0.05) is 24.5 Å². The van der Waals surface area contributed by atoms with Crippen LogP contribution in [-0.4, -0.2) is 28.5 Å². The lowest BCUT2D eigenvalue weighted by Gasteiger charge is -2.07. The van der Waals surface area contributed by atoms with Crippen LogP contribution in [0.15, 0.2) is 18.3 Å². The number of ether oxygens (including phenoxy) is 1. The maximum Gasteiger partial charge on any atom is 0.356 e. The van der Waals surface area contributed by atoms with Gasteiger partial charge in [-0.2, -0.15) is 0 Å². The van der Waals surface area contributed by atoms with Gasteiger partial charge in [0.25, 0.3) is 0 Å². The number of methoxy groups -OCH3 is 1. The molecule has 1 aliphatic rings. The van der Waals surface area contributed by atoms with Gasteiger partial charge in [-0.05, 0) is 25.0 Å². The first kappa shape index (κ1) is 12.7. The lowest BCUT2D eigenvalue weighted by atomic mass is 10.2. The lowest BCUT2D eigenvalue weighted by Crippen LogP contribution is -2.17. The van der Waals surface area contributed by atoms with Gasteiger partial charge >= 0.3 is 5.97 Å². The number of nitrogens with one attached hydrogen (secondary N) is 1. The van der Waals surface area contributed by atoms with Crippen molar-refractivity contribution < 1.29 is 14.3 Å². The highest BCUT2D eigenvalue weighted by atomic mass is 16.5. The van der Waals surface area contributed by atoms with Crippen molar-refractivity contribution in [2.45, 2.75) is 12.8 Å². The number of anilines is 1. The largest absolute Gasteiger partial charge is 0.464 e. The van der Waals surface area contributed by atoms with E-state index in [9.17, 15) is 9.59 Å². The summed E-state index contributed by atoms with van der Waals surface area (Å²) in [6.45, 7) is 0. The molecule has 2 heterocycles. The van der Waals surface area contributed by atoms with Gasteiger partial charge in [0.1, 0.15) is 5.65 Å². The van der Waals surface area contributed by atoms with E-state index in [1.165, 1.54) is 7.11 Å². The van der Waals surface area contributed by atoms with E-state index in [1.807, 2.05) is 6.07 Å². The zero-order valence-electron chi connectivity index (χ0n) is 11.3. The zero-order valence-corrected chi connectivity index (χ0v) is 11.3. The lowest BCUT2D eigenvalue weighted by molar-refractivity contribution is -0.117. The summed E-state index contributed by atoms with van der Waals surface area (Å²) < 4.78 is 6.45. The van der Waals surface area contributed by atoms with E-state index in [0.29, 0.717) is 17.0 Å². The molecule has 2 aromatic rings. The average Bonchev–Trinajstić information content (AvgIpc) is 3.27. The Morgan fingerprint density at radius 1 is 1.45 bits per heavy atom. The van der Waals surface area contributed by atoms with Crippen molar-refractivity contribution in [1.82, 2.24) is 9.55 Å². The van der Waals surface area contributed by atoms with E-state index in [1.54, 1.807) is 23.9 Å². The normalized spacial score (nSPS) is 14.3. The summed E-state index contributed by atoms with van der Waals surface area (Å²) in [5.41, 5.74) is 1.44. The van der Waals surface area contributed by atoms with E-state index in [4.69, 9.17) is 4.74 Å². The van der Waals surface area contributed by atoms with Crippen molar-refractivity contribution in [3.8, 4) is 0 Å². The van der Waals surface area contributed by atoms with Crippen LogP contribution in [0.5, 0.6) is 0 Å². The van der Waals surface area contributed by atoms with Gasteiger partial charge in [0.2, 0.25) is 5.91 Å². The predicted octanol–water partition coefficient (Wildman–Crippen LogP) is 1.71. The van der Waals surface area contributed by atoms with E-state index >= 15 is 0 Å². The Hall–Kier alpha value is -2.37. The molecule has 0 atom stereocenters. The number of hydrogen-bond acceptors (Lipinski definition) is 4. The number of carbonyl (C=O) groups excluding carboxylic acids is 2. The molecular weight excluding hydrogens is 258 g/mol. The van der Waals surface area contributed by atoms with E-state index < -0.39 is 5.97 Å². The molecule has 3 rings (SSSR count). The molecule has 104 valence electrons. The van der Waals surface area contributed by atoms with Crippen molar-refractivity contribution in [3.05, 3.63) is 24.0 Å². The molecule has 1 amide bonds. The van der Waals surface area contributed by atoms with Crippen LogP contribution in [0.2, 0.25) is 0 Å². The fourth-order valence-electron chi connectivity index (χ4n) is 2.29. The highest BCUT2D eigenvalue weighted by molar-refractivity contribution is 6.11. The fourth-order valence-corrected chi connectivity index (χ4v) is 2.29. The van der Waals surface area contributed by atoms with Crippen LogP contribution in [0.3, 0.4) is 0 Å². The van der Waals surface area contributed by atoms with Gasteiger partial charge in [0.05, 0.1) is 12.8 Å². The number of pyridine rings is 1. The zero-order chi connectivity index (χ0) is 14.3. The number of amides is 1. The van der Waals surface area contributed by atoms with Gasteiger partial charge in [0.15, 0.2) is 5.69 Å². The van der Waals surface area contributed by atoms with Gasteiger partial charge < -0.3 is 14.6 Å². The Morgan fingerprint density at radius 3 is 2.85 bits per heavy atom. The predicted molar refractivity (Wildman–Crippen MR) is 73.4 cm³/mol. The second-order valence-electron chi connectivity index (χ2n) is 4.91. The summed E-state index contributed by atoms with van der Waals surface area (Å²) in [6, 6.07) is 3.60. The number of carbonyl (C=O) groups is 2. The molecule has 6 nitrogen and oxygen atoms in total. The fraction of sp³-hybridized carbons (Fsp3) is 0.357. The van der Waals surface area contributed by atoms with E-state index in [2.05, 4.69) is 10.3 Å². The minimum absolute atomic E-state index is 0.0495. The van der Waals surface area contributed by atoms with Gasteiger partial charge in [-0.1, -0.05) is 0 Å². The standard InChI is InChI=1S/C14H15N3O3/c1-17-11(14(19)20-2)10(16-13(18)8-5-6-8)9-4-3-7-15-12(9)17/h3-4,7-8H,5-6H2,1-2H3,(H,16,18). The second kappa shape index (κ2) is 4.63. The molecule has 0 aromatic carbocycles. The van der Waals surface area contributed by atoms with Gasteiger partial charge in [-0.25, -0.2) is 9.78 Å². The van der Waals surface area contributed by atoms with Gasteiger partial charge in [-0.3, -0.25) is 4.79 Å². The van der Waals surface area contributed by atoms with Crippen molar-refractivity contribution in [2.24, 2.45) is 13.0 Å². The van der Waals surface area contributed by atoms with Crippen molar-refractivity contribution in [3.63, 3.8) is 0 Å². The molecule has 1 aliphatic carbocycles. The van der Waals surface area contributed by atoms with Crippen LogP contribution in [0.25, 0.3) is 11.0 Å². The Labute approximate surface area is 115 Å². The molecule has 20 heavy (non-hydrogen) atoms. The highest BCUT2D eigenvalue weighted by Gasteiger charge is 2.32. The summed E-state index contributed by atoms with van der Waals surface area (Å²) in [6.07, 6.45) is 3.46. The average molecular weight is 273 g/mol. The first-order chi connectivity index (χ1) is 9.63. The minimum atomic E-state index is -0.489. The van der Waals surface area contributed by atoms with Crippen LogP contribution in [0, 0.1) is 5.92 Å².